The molecule has 5 heteroatoms. The average molecular weight is 417 g/mol. The molecule has 0 unspecified atom stereocenters. The minimum absolute atomic E-state index is 0.000829. The van der Waals surface area contributed by atoms with Crippen LogP contribution >= 0.6 is 0 Å². The number of ketones is 1. The fourth-order valence-electron chi connectivity index (χ4n) is 7.94. The number of esters is 1. The molecule has 5 nitrogen and oxygen atoms in total. The van der Waals surface area contributed by atoms with Gasteiger partial charge in [-0.3, -0.25) is 14.4 Å². The third-order valence-electron chi connectivity index (χ3n) is 9.83. The summed E-state index contributed by atoms with van der Waals surface area (Å²) in [5.41, 5.74) is 2.14. The molecule has 4 rings (SSSR count). The van der Waals surface area contributed by atoms with Crippen LogP contribution in [0, 0.1) is 39.9 Å². The molecule has 0 saturated heterocycles. The van der Waals surface area contributed by atoms with Gasteiger partial charge in [0, 0.05) is 24.8 Å². The Morgan fingerprint density at radius 1 is 1.23 bits per heavy atom. The second kappa shape index (κ2) is 6.93. The molecule has 0 aromatic rings. The zero-order valence-electron chi connectivity index (χ0n) is 19.0. The average Bonchev–Trinajstić information content (AvgIpc) is 3.37. The van der Waals surface area contributed by atoms with Crippen LogP contribution in [-0.4, -0.2) is 29.9 Å². The predicted molar refractivity (Wildman–Crippen MR) is 113 cm³/mol. The minimum Gasteiger partial charge on any atom is -0.481 e. The normalized spacial score (nSPS) is 42.4. The monoisotopic (exact) mass is 416 g/mol. The molecule has 4 aliphatic carbocycles. The number of fused-ring (bicyclic) bond motifs is 4. The van der Waals surface area contributed by atoms with E-state index in [1.54, 1.807) is 0 Å². The number of Topliss-reactive ketones (excluding diaryl/α,β-unsaturated/α-hetero) is 1. The van der Waals surface area contributed by atoms with Crippen LogP contribution in [0.4, 0.5) is 0 Å². The van der Waals surface area contributed by atoms with Crippen molar-refractivity contribution in [1.82, 2.24) is 0 Å². The van der Waals surface area contributed by atoms with Crippen molar-refractivity contribution in [3.8, 4) is 0 Å². The van der Waals surface area contributed by atoms with Crippen LogP contribution in [0.5, 0.6) is 0 Å². The number of hydrogen-bond acceptors (Lipinski definition) is 4. The molecule has 4 aliphatic rings. The lowest BCUT2D eigenvalue weighted by atomic mass is 9.51. The third-order valence-corrected chi connectivity index (χ3v) is 9.83. The molecule has 0 aromatic carbocycles. The van der Waals surface area contributed by atoms with Gasteiger partial charge in [-0.2, -0.15) is 0 Å². The van der Waals surface area contributed by atoms with Crippen molar-refractivity contribution in [1.29, 1.82) is 0 Å². The van der Waals surface area contributed by atoms with Crippen molar-refractivity contribution in [3.63, 3.8) is 0 Å². The summed E-state index contributed by atoms with van der Waals surface area (Å²) in [7, 11) is 1.42. The summed E-state index contributed by atoms with van der Waals surface area (Å²) < 4.78 is 4.87. The van der Waals surface area contributed by atoms with E-state index >= 15 is 0 Å². The lowest BCUT2D eigenvalue weighted by Crippen LogP contribution is -2.47. The first-order chi connectivity index (χ1) is 14.0. The molecule has 2 fully saturated rings. The fraction of sp³-hybridized carbons (Fsp3) is 0.800. The molecule has 0 aliphatic heterocycles. The largest absolute Gasteiger partial charge is 0.481 e. The van der Waals surface area contributed by atoms with Crippen molar-refractivity contribution in [2.75, 3.05) is 7.11 Å². The highest BCUT2D eigenvalue weighted by Crippen LogP contribution is 2.77. The molecule has 7 atom stereocenters. The first-order valence-corrected chi connectivity index (χ1v) is 11.6. The highest BCUT2D eigenvalue weighted by Gasteiger charge is 2.71. The highest BCUT2D eigenvalue weighted by molar-refractivity contribution is 6.01. The van der Waals surface area contributed by atoms with Crippen molar-refractivity contribution < 1.29 is 24.2 Å². The van der Waals surface area contributed by atoms with Gasteiger partial charge in [0.15, 0.2) is 5.78 Å². The van der Waals surface area contributed by atoms with Gasteiger partial charge in [-0.1, -0.05) is 33.3 Å². The maximum atomic E-state index is 13.6. The Morgan fingerprint density at radius 3 is 2.57 bits per heavy atom. The van der Waals surface area contributed by atoms with Gasteiger partial charge in [-0.05, 0) is 72.0 Å². The molecule has 30 heavy (non-hydrogen) atoms. The maximum absolute atomic E-state index is 13.6. The van der Waals surface area contributed by atoms with Crippen molar-refractivity contribution in [2.45, 2.75) is 79.1 Å². The number of carboxylic acids is 1. The van der Waals surface area contributed by atoms with Crippen LogP contribution < -0.4 is 0 Å². The van der Waals surface area contributed by atoms with E-state index in [0.717, 1.165) is 24.8 Å². The Bertz CT molecular complexity index is 827. The zero-order chi connectivity index (χ0) is 22.1. The van der Waals surface area contributed by atoms with E-state index in [2.05, 4.69) is 27.7 Å². The summed E-state index contributed by atoms with van der Waals surface area (Å²) in [6.07, 6.45) is 5.76. The van der Waals surface area contributed by atoms with Crippen LogP contribution in [0.25, 0.3) is 0 Å². The minimum atomic E-state index is -0.740. The lowest BCUT2D eigenvalue weighted by Gasteiger charge is -2.52. The lowest BCUT2D eigenvalue weighted by molar-refractivity contribution is -0.141. The fourth-order valence-corrected chi connectivity index (χ4v) is 7.94. The van der Waals surface area contributed by atoms with E-state index in [4.69, 9.17) is 9.84 Å². The van der Waals surface area contributed by atoms with Gasteiger partial charge in [-0.25, -0.2) is 0 Å². The van der Waals surface area contributed by atoms with Gasteiger partial charge in [0.25, 0.3) is 0 Å². The van der Waals surface area contributed by atoms with E-state index in [1.807, 2.05) is 0 Å². The Balaban J connectivity index is 1.67. The molecule has 0 spiro atoms. The van der Waals surface area contributed by atoms with Crippen LogP contribution in [0.1, 0.15) is 79.1 Å². The number of methoxy groups -OCH3 is 1. The number of carbonyl (C=O) groups excluding carboxylic acids is 2. The van der Waals surface area contributed by atoms with Crippen LogP contribution in [0.2, 0.25) is 0 Å². The Hall–Kier alpha value is -1.65. The molecular formula is C25H36O5. The third kappa shape index (κ3) is 2.83. The van der Waals surface area contributed by atoms with E-state index in [-0.39, 0.29) is 34.4 Å². The summed E-state index contributed by atoms with van der Waals surface area (Å²) in [4.78, 5) is 36.6. The summed E-state index contributed by atoms with van der Waals surface area (Å²) in [5, 5.41) is 9.13. The second-order valence-corrected chi connectivity index (χ2v) is 11.1. The van der Waals surface area contributed by atoms with Crippen molar-refractivity contribution in [3.05, 3.63) is 11.1 Å². The van der Waals surface area contributed by atoms with Crippen LogP contribution in [0.3, 0.4) is 0 Å². The summed E-state index contributed by atoms with van der Waals surface area (Å²) in [6, 6.07) is 0. The van der Waals surface area contributed by atoms with E-state index < -0.39 is 5.97 Å². The number of carbonyl (C=O) groups is 3. The maximum Gasteiger partial charge on any atom is 0.305 e. The van der Waals surface area contributed by atoms with Crippen LogP contribution in [-0.2, 0) is 19.1 Å². The predicted octanol–water partition coefficient (Wildman–Crippen LogP) is 4.79. The van der Waals surface area contributed by atoms with E-state index in [9.17, 15) is 14.4 Å². The Labute approximate surface area is 179 Å². The molecule has 0 radical (unpaired) electrons. The smallest absolute Gasteiger partial charge is 0.305 e. The number of ether oxygens (including phenoxy) is 1. The quantitative estimate of drug-likeness (QED) is 0.604. The standard InChI is InChI=1S/C25H36O5/c1-14(6-7-19(27)28)16-8-11-24(3)21-15-12-17(15)23(2,10-9-20(29)30-5)22(21)18(26)13-25(16,24)4/h14-17H,6-13H2,1-5H3,(H,27,28)/t14-,15+,16-,17-,23+,24+,25-/m1/s1. The summed E-state index contributed by atoms with van der Waals surface area (Å²) in [5.74, 6) is 0.985. The van der Waals surface area contributed by atoms with E-state index in [1.165, 1.54) is 12.7 Å². The zero-order valence-corrected chi connectivity index (χ0v) is 19.0. The molecule has 0 amide bonds. The first-order valence-electron chi connectivity index (χ1n) is 11.6. The van der Waals surface area contributed by atoms with Gasteiger partial charge < -0.3 is 9.84 Å². The topological polar surface area (TPSA) is 80.7 Å². The van der Waals surface area contributed by atoms with E-state index in [0.29, 0.717) is 49.4 Å². The summed E-state index contributed by atoms with van der Waals surface area (Å²) >= 11 is 0. The highest BCUT2D eigenvalue weighted by atomic mass is 16.5. The van der Waals surface area contributed by atoms with Gasteiger partial charge in [0.2, 0.25) is 0 Å². The number of rotatable bonds is 7. The number of hydrogen-bond donors (Lipinski definition) is 1. The molecule has 0 aromatic heterocycles. The van der Waals surface area contributed by atoms with Gasteiger partial charge in [-0.15, -0.1) is 0 Å². The van der Waals surface area contributed by atoms with Gasteiger partial charge in [0.1, 0.15) is 0 Å². The SMILES string of the molecule is COC(=O)CC[C@]1(C)C2=C([C@H]3C[C@H]31)[C@]1(C)CC[C@H]([C@H](C)CCC(=O)O)[C@@]1(C)CC2=O. The number of allylic oxidation sites excluding steroid dienone is 2. The Kier molecular flexibility index (Phi) is 4.98. The molecule has 166 valence electrons. The van der Waals surface area contributed by atoms with Crippen LogP contribution in [0.15, 0.2) is 11.1 Å². The first kappa shape index (κ1) is 21.6. The molecule has 2 saturated carbocycles. The number of aliphatic carboxylic acids is 1. The summed E-state index contributed by atoms with van der Waals surface area (Å²) in [6.45, 7) is 9.05. The second-order valence-electron chi connectivity index (χ2n) is 11.1. The van der Waals surface area contributed by atoms with Gasteiger partial charge >= 0.3 is 11.9 Å². The Morgan fingerprint density at radius 2 is 1.93 bits per heavy atom. The van der Waals surface area contributed by atoms with Crippen molar-refractivity contribution in [2.24, 2.45) is 39.9 Å². The molecule has 0 heterocycles. The van der Waals surface area contributed by atoms with Crippen molar-refractivity contribution >= 4 is 17.7 Å². The molecule has 0 bridgehead atoms. The molecular weight excluding hydrogens is 380 g/mol. The molecule has 1 N–H and O–H groups in total. The number of carboxylic acid groups (broad SMARTS) is 1. The van der Waals surface area contributed by atoms with Gasteiger partial charge in [0.05, 0.1) is 7.11 Å².